The molecule has 1 rings (SSSR count). The Morgan fingerprint density at radius 3 is 2.80 bits per heavy atom. The van der Waals surface area contributed by atoms with Gasteiger partial charge >= 0.3 is 0 Å². The third-order valence-corrected chi connectivity index (χ3v) is 2.67. The number of para-hydroxylation sites is 1. The molecule has 3 N–H and O–H groups in total. The molecule has 1 unspecified atom stereocenters. The maximum atomic E-state index is 11.5. The topological polar surface area (TPSA) is 55.1 Å². The summed E-state index contributed by atoms with van der Waals surface area (Å²) in [7, 11) is 0. The molecule has 0 aliphatic heterocycles. The van der Waals surface area contributed by atoms with Crippen molar-refractivity contribution >= 4 is 27.5 Å². The molecule has 0 aliphatic carbocycles. The van der Waals surface area contributed by atoms with Gasteiger partial charge in [-0.2, -0.15) is 0 Å². The zero-order valence-corrected chi connectivity index (χ0v) is 10.3. The molecular formula is C11H15BrN2O. The molecule has 0 radical (unpaired) electrons. The summed E-state index contributed by atoms with van der Waals surface area (Å²) < 4.78 is 0.888. The van der Waals surface area contributed by atoms with Gasteiger partial charge in [-0.3, -0.25) is 4.79 Å². The number of benzene rings is 1. The minimum Gasteiger partial charge on any atom is -0.328 e. The highest BCUT2D eigenvalue weighted by atomic mass is 79.9. The van der Waals surface area contributed by atoms with Gasteiger partial charge in [-0.05, 0) is 41.4 Å². The summed E-state index contributed by atoms with van der Waals surface area (Å²) in [6.07, 6.45) is 1.16. The Balaban J connectivity index is 2.48. The molecule has 0 bridgehead atoms. The second kappa shape index (κ2) is 5.88. The molecule has 0 fully saturated rings. The van der Waals surface area contributed by atoms with E-state index in [0.717, 1.165) is 10.2 Å². The Morgan fingerprint density at radius 1 is 1.53 bits per heavy atom. The lowest BCUT2D eigenvalue weighted by molar-refractivity contribution is -0.116. The van der Waals surface area contributed by atoms with Gasteiger partial charge in [0, 0.05) is 16.9 Å². The lowest BCUT2D eigenvalue weighted by Gasteiger charge is -2.08. The summed E-state index contributed by atoms with van der Waals surface area (Å²) in [6, 6.07) is 7.60. The van der Waals surface area contributed by atoms with Crippen LogP contribution < -0.4 is 11.1 Å². The standard InChI is InChI=1S/C11H15BrN2O/c1-8(13)6-7-11(15)14-10-5-3-2-4-9(10)12/h2-5,8H,6-7,13H2,1H3,(H,14,15). The second-order valence-electron chi connectivity index (χ2n) is 3.54. The van der Waals surface area contributed by atoms with Crippen molar-refractivity contribution in [3.05, 3.63) is 28.7 Å². The Bertz CT molecular complexity index is 339. The number of hydrogen-bond acceptors (Lipinski definition) is 2. The summed E-state index contributed by atoms with van der Waals surface area (Å²) in [5.74, 6) is -0.000741. The number of amides is 1. The molecule has 3 nitrogen and oxygen atoms in total. The lowest BCUT2D eigenvalue weighted by Crippen LogP contribution is -2.19. The van der Waals surface area contributed by atoms with Crippen molar-refractivity contribution in [2.75, 3.05) is 5.32 Å². The van der Waals surface area contributed by atoms with Gasteiger partial charge in [0.15, 0.2) is 0 Å². The van der Waals surface area contributed by atoms with Gasteiger partial charge in [0.2, 0.25) is 5.91 Å². The molecule has 0 heterocycles. The van der Waals surface area contributed by atoms with Crippen molar-refractivity contribution in [2.45, 2.75) is 25.8 Å². The molecule has 0 saturated heterocycles. The minimum atomic E-state index is -0.000741. The molecular weight excluding hydrogens is 256 g/mol. The highest BCUT2D eigenvalue weighted by Crippen LogP contribution is 2.21. The zero-order chi connectivity index (χ0) is 11.3. The van der Waals surface area contributed by atoms with Crippen molar-refractivity contribution in [1.82, 2.24) is 0 Å². The predicted octanol–water partition coefficient (Wildman–Crippen LogP) is 2.52. The molecule has 4 heteroatoms. The first-order valence-corrected chi connectivity index (χ1v) is 5.69. The van der Waals surface area contributed by atoms with Crippen LogP contribution in [0.5, 0.6) is 0 Å². The largest absolute Gasteiger partial charge is 0.328 e. The fourth-order valence-electron chi connectivity index (χ4n) is 1.13. The normalized spacial score (nSPS) is 12.2. The van der Waals surface area contributed by atoms with E-state index in [-0.39, 0.29) is 11.9 Å². The molecule has 82 valence electrons. The minimum absolute atomic E-state index is 0.000741. The van der Waals surface area contributed by atoms with Crippen LogP contribution in [0.1, 0.15) is 19.8 Å². The number of halogens is 1. The van der Waals surface area contributed by atoms with E-state index in [2.05, 4.69) is 21.2 Å². The summed E-state index contributed by atoms with van der Waals surface area (Å²) in [5.41, 5.74) is 6.37. The molecule has 0 aliphatic rings. The Kier molecular flexibility index (Phi) is 4.78. The predicted molar refractivity (Wildman–Crippen MR) is 65.7 cm³/mol. The molecule has 0 aromatic heterocycles. The molecule has 1 atom stereocenters. The number of anilines is 1. The lowest BCUT2D eigenvalue weighted by atomic mass is 10.2. The van der Waals surface area contributed by atoms with Crippen LogP contribution in [-0.2, 0) is 4.79 Å². The first kappa shape index (κ1) is 12.2. The molecule has 1 aromatic rings. The van der Waals surface area contributed by atoms with Crippen LogP contribution in [0.4, 0.5) is 5.69 Å². The summed E-state index contributed by atoms with van der Waals surface area (Å²) in [6.45, 7) is 1.89. The summed E-state index contributed by atoms with van der Waals surface area (Å²) >= 11 is 3.37. The number of hydrogen-bond donors (Lipinski definition) is 2. The quantitative estimate of drug-likeness (QED) is 0.884. The molecule has 0 spiro atoms. The third kappa shape index (κ3) is 4.44. The molecule has 1 amide bonds. The van der Waals surface area contributed by atoms with E-state index >= 15 is 0 Å². The maximum Gasteiger partial charge on any atom is 0.224 e. The van der Waals surface area contributed by atoms with E-state index in [9.17, 15) is 4.79 Å². The fraction of sp³-hybridized carbons (Fsp3) is 0.364. The molecule has 0 saturated carbocycles. The number of nitrogens with two attached hydrogens (primary N) is 1. The average molecular weight is 271 g/mol. The van der Waals surface area contributed by atoms with E-state index in [1.807, 2.05) is 31.2 Å². The number of carbonyl (C=O) groups excluding carboxylic acids is 1. The van der Waals surface area contributed by atoms with Gasteiger partial charge in [-0.1, -0.05) is 12.1 Å². The van der Waals surface area contributed by atoms with Crippen molar-refractivity contribution in [3.63, 3.8) is 0 Å². The SMILES string of the molecule is CC(N)CCC(=O)Nc1ccccc1Br. The maximum absolute atomic E-state index is 11.5. The van der Waals surface area contributed by atoms with E-state index in [4.69, 9.17) is 5.73 Å². The second-order valence-corrected chi connectivity index (χ2v) is 4.40. The van der Waals surface area contributed by atoms with Crippen LogP contribution in [0.3, 0.4) is 0 Å². The monoisotopic (exact) mass is 270 g/mol. The van der Waals surface area contributed by atoms with Crippen LogP contribution in [0.25, 0.3) is 0 Å². The van der Waals surface area contributed by atoms with Crippen LogP contribution in [0.15, 0.2) is 28.7 Å². The van der Waals surface area contributed by atoms with Gasteiger partial charge < -0.3 is 11.1 Å². The third-order valence-electron chi connectivity index (χ3n) is 1.97. The van der Waals surface area contributed by atoms with Gasteiger partial charge in [0.1, 0.15) is 0 Å². The van der Waals surface area contributed by atoms with Crippen LogP contribution in [0, 0.1) is 0 Å². The van der Waals surface area contributed by atoms with Crippen LogP contribution in [-0.4, -0.2) is 11.9 Å². The van der Waals surface area contributed by atoms with Gasteiger partial charge in [0.05, 0.1) is 5.69 Å². The first-order chi connectivity index (χ1) is 7.09. The molecule has 15 heavy (non-hydrogen) atoms. The number of rotatable bonds is 4. The number of nitrogens with one attached hydrogen (secondary N) is 1. The Hall–Kier alpha value is -0.870. The highest BCUT2D eigenvalue weighted by molar-refractivity contribution is 9.10. The van der Waals surface area contributed by atoms with E-state index in [1.54, 1.807) is 0 Å². The summed E-state index contributed by atoms with van der Waals surface area (Å²) in [4.78, 5) is 11.5. The van der Waals surface area contributed by atoms with Crippen LogP contribution >= 0.6 is 15.9 Å². The van der Waals surface area contributed by atoms with Gasteiger partial charge in [-0.25, -0.2) is 0 Å². The first-order valence-electron chi connectivity index (χ1n) is 4.89. The van der Waals surface area contributed by atoms with E-state index in [0.29, 0.717) is 12.8 Å². The van der Waals surface area contributed by atoms with Crippen molar-refractivity contribution in [1.29, 1.82) is 0 Å². The van der Waals surface area contributed by atoms with Gasteiger partial charge in [-0.15, -0.1) is 0 Å². The molecule has 1 aromatic carbocycles. The smallest absolute Gasteiger partial charge is 0.224 e. The fourth-order valence-corrected chi connectivity index (χ4v) is 1.52. The Labute approximate surface area is 98.2 Å². The highest BCUT2D eigenvalue weighted by Gasteiger charge is 2.05. The Morgan fingerprint density at radius 2 is 2.20 bits per heavy atom. The average Bonchev–Trinajstić information content (AvgIpc) is 2.18. The van der Waals surface area contributed by atoms with Crippen molar-refractivity contribution in [3.8, 4) is 0 Å². The van der Waals surface area contributed by atoms with Crippen molar-refractivity contribution < 1.29 is 4.79 Å². The number of carbonyl (C=O) groups is 1. The van der Waals surface area contributed by atoms with Crippen molar-refractivity contribution in [2.24, 2.45) is 5.73 Å². The van der Waals surface area contributed by atoms with E-state index < -0.39 is 0 Å². The zero-order valence-electron chi connectivity index (χ0n) is 8.66. The van der Waals surface area contributed by atoms with E-state index in [1.165, 1.54) is 0 Å². The summed E-state index contributed by atoms with van der Waals surface area (Å²) in [5, 5.41) is 2.82. The van der Waals surface area contributed by atoms with Gasteiger partial charge in [0.25, 0.3) is 0 Å². The van der Waals surface area contributed by atoms with Crippen LogP contribution in [0.2, 0.25) is 0 Å².